The lowest BCUT2D eigenvalue weighted by atomic mass is 9.94. The van der Waals surface area contributed by atoms with Crippen molar-refractivity contribution in [2.24, 2.45) is 11.8 Å². The maximum atomic E-state index is 11.7. The van der Waals surface area contributed by atoms with Gasteiger partial charge in [0.1, 0.15) is 0 Å². The smallest absolute Gasteiger partial charge is 0.220 e. The fourth-order valence-electron chi connectivity index (χ4n) is 2.99. The number of amides is 1. The number of piperidine rings is 1. The zero-order chi connectivity index (χ0) is 11.9. The van der Waals surface area contributed by atoms with E-state index < -0.39 is 0 Å². The van der Waals surface area contributed by atoms with Crippen molar-refractivity contribution in [3.63, 3.8) is 0 Å². The largest absolute Gasteiger partial charge is 0.356 e. The third-order valence-corrected chi connectivity index (χ3v) is 4.16. The Kier molecular flexibility index (Phi) is 5.30. The van der Waals surface area contributed by atoms with Crippen LogP contribution in [0, 0.1) is 11.8 Å². The van der Waals surface area contributed by atoms with Gasteiger partial charge in [0.15, 0.2) is 0 Å². The topological polar surface area (TPSA) is 43.2 Å². The molecule has 1 saturated heterocycles. The molecule has 2 aliphatic rings. The number of carbonyl (C=O) groups excluding carboxylic acids is 1. The highest BCUT2D eigenvalue weighted by atomic mass is 16.1. The number of nitrogens with one attached hydrogen (secondary N) is 1. The van der Waals surface area contributed by atoms with E-state index in [4.69, 9.17) is 0 Å². The summed E-state index contributed by atoms with van der Waals surface area (Å²) >= 11 is 0. The molecule has 1 amide bonds. The van der Waals surface area contributed by atoms with Crippen molar-refractivity contribution in [2.45, 2.75) is 51.4 Å². The molecule has 3 nitrogen and oxygen atoms in total. The Hall–Kier alpha value is -0.570. The summed E-state index contributed by atoms with van der Waals surface area (Å²) in [6, 6.07) is 0. The number of carbonyl (C=O) groups is 1. The fraction of sp³-hybridized carbons (Fsp3) is 0.929. The summed E-state index contributed by atoms with van der Waals surface area (Å²) in [6.45, 7) is 2.92. The maximum absolute atomic E-state index is 11.7. The van der Waals surface area contributed by atoms with Gasteiger partial charge in [-0.2, -0.15) is 0 Å². The van der Waals surface area contributed by atoms with E-state index in [1.54, 1.807) is 0 Å². The van der Waals surface area contributed by atoms with Gasteiger partial charge >= 0.3 is 0 Å². The number of hydrogen-bond acceptors (Lipinski definition) is 1. The average molecular weight is 237 g/mol. The first-order chi connectivity index (χ1) is 8.34. The summed E-state index contributed by atoms with van der Waals surface area (Å²) in [6.07, 6.45) is 9.53. The van der Waals surface area contributed by atoms with Gasteiger partial charge in [-0.15, -0.1) is 0 Å². The summed E-state index contributed by atoms with van der Waals surface area (Å²) in [5, 5.41) is 7.51. The summed E-state index contributed by atoms with van der Waals surface area (Å²) in [4.78, 5) is 11.7. The first-order valence-corrected chi connectivity index (χ1v) is 7.24. The highest BCUT2D eigenvalue weighted by Gasteiger charge is 2.17. The zero-order valence-electron chi connectivity index (χ0n) is 10.8. The molecular formula is C14H25N2O. The highest BCUT2D eigenvalue weighted by molar-refractivity contribution is 5.75. The molecule has 3 heteroatoms. The Morgan fingerprint density at radius 3 is 2.59 bits per heavy atom. The Morgan fingerprint density at radius 2 is 1.88 bits per heavy atom. The molecule has 1 aliphatic heterocycles. The molecule has 1 N–H and O–H groups in total. The van der Waals surface area contributed by atoms with Gasteiger partial charge in [-0.3, -0.25) is 4.79 Å². The molecule has 2 rings (SSSR count). The van der Waals surface area contributed by atoms with Crippen LogP contribution in [0.15, 0.2) is 0 Å². The van der Waals surface area contributed by atoms with Crippen molar-refractivity contribution in [1.29, 1.82) is 0 Å². The van der Waals surface area contributed by atoms with E-state index in [0.717, 1.165) is 32.0 Å². The molecule has 1 radical (unpaired) electrons. The van der Waals surface area contributed by atoms with Crippen molar-refractivity contribution in [3.05, 3.63) is 0 Å². The van der Waals surface area contributed by atoms with Gasteiger partial charge in [-0.1, -0.05) is 12.8 Å². The van der Waals surface area contributed by atoms with E-state index in [2.05, 4.69) is 10.6 Å². The molecule has 0 spiro atoms. The van der Waals surface area contributed by atoms with Crippen molar-refractivity contribution in [1.82, 2.24) is 10.6 Å². The monoisotopic (exact) mass is 237 g/mol. The summed E-state index contributed by atoms with van der Waals surface area (Å²) in [5.74, 6) is 1.67. The predicted octanol–water partition coefficient (Wildman–Crippen LogP) is 2.09. The molecule has 1 unspecified atom stereocenters. The van der Waals surface area contributed by atoms with Crippen LogP contribution in [0.25, 0.3) is 0 Å². The van der Waals surface area contributed by atoms with Crippen LogP contribution >= 0.6 is 0 Å². The molecule has 0 bridgehead atoms. The lowest BCUT2D eigenvalue weighted by Gasteiger charge is -2.21. The van der Waals surface area contributed by atoms with E-state index in [1.807, 2.05) is 0 Å². The molecule has 97 valence electrons. The van der Waals surface area contributed by atoms with Crippen LogP contribution in [0.2, 0.25) is 0 Å². The minimum absolute atomic E-state index is 0.252. The van der Waals surface area contributed by atoms with E-state index >= 15 is 0 Å². The summed E-state index contributed by atoms with van der Waals surface area (Å²) in [5.41, 5.74) is 0. The van der Waals surface area contributed by atoms with Crippen molar-refractivity contribution < 1.29 is 4.79 Å². The standard InChI is InChI=1S/C14H25N2O/c17-14(16-11-12-4-1-2-5-12)8-7-13-6-3-9-15-10-13/h12-13H,1-11H2,(H,16,17). The number of hydrogen-bond donors (Lipinski definition) is 1. The molecule has 2 fully saturated rings. The van der Waals surface area contributed by atoms with E-state index in [1.165, 1.54) is 38.5 Å². The Labute approximate surface area is 105 Å². The molecule has 0 aromatic heterocycles. The normalized spacial score (nSPS) is 26.0. The Morgan fingerprint density at radius 1 is 1.12 bits per heavy atom. The Bertz CT molecular complexity index is 230. The van der Waals surface area contributed by atoms with Crippen LogP contribution < -0.4 is 10.6 Å². The summed E-state index contributed by atoms with van der Waals surface area (Å²) in [7, 11) is 0. The van der Waals surface area contributed by atoms with Gasteiger partial charge in [0, 0.05) is 26.1 Å². The zero-order valence-corrected chi connectivity index (χ0v) is 10.8. The van der Waals surface area contributed by atoms with Gasteiger partial charge in [0.05, 0.1) is 0 Å². The molecule has 1 atom stereocenters. The molecule has 1 aliphatic carbocycles. The molecular weight excluding hydrogens is 212 g/mol. The van der Waals surface area contributed by atoms with Crippen molar-refractivity contribution in [3.8, 4) is 0 Å². The second kappa shape index (κ2) is 7.00. The average Bonchev–Trinajstić information content (AvgIpc) is 2.88. The highest BCUT2D eigenvalue weighted by Crippen LogP contribution is 2.23. The van der Waals surface area contributed by atoms with E-state index in [0.29, 0.717) is 12.3 Å². The van der Waals surface area contributed by atoms with Crippen LogP contribution in [-0.4, -0.2) is 25.5 Å². The third-order valence-electron chi connectivity index (χ3n) is 4.16. The third kappa shape index (κ3) is 4.66. The fourth-order valence-corrected chi connectivity index (χ4v) is 2.99. The lowest BCUT2D eigenvalue weighted by molar-refractivity contribution is -0.121. The van der Waals surface area contributed by atoms with Crippen molar-refractivity contribution in [2.75, 3.05) is 19.6 Å². The second-order valence-corrected chi connectivity index (χ2v) is 5.63. The first-order valence-electron chi connectivity index (χ1n) is 7.24. The first kappa shape index (κ1) is 12.9. The van der Waals surface area contributed by atoms with Gasteiger partial charge < -0.3 is 5.32 Å². The van der Waals surface area contributed by atoms with Crippen LogP contribution in [0.3, 0.4) is 0 Å². The SMILES string of the molecule is O=C(CCC1CCC[N]C1)NCC1CCCC1. The van der Waals surface area contributed by atoms with Gasteiger partial charge in [0.25, 0.3) is 0 Å². The number of rotatable bonds is 5. The maximum Gasteiger partial charge on any atom is 0.220 e. The van der Waals surface area contributed by atoms with Gasteiger partial charge in [-0.25, -0.2) is 5.32 Å². The molecule has 17 heavy (non-hydrogen) atoms. The minimum atomic E-state index is 0.252. The predicted molar refractivity (Wildman–Crippen MR) is 68.8 cm³/mol. The van der Waals surface area contributed by atoms with Gasteiger partial charge in [-0.05, 0) is 43.9 Å². The molecule has 1 heterocycles. The van der Waals surface area contributed by atoms with Crippen LogP contribution in [0.5, 0.6) is 0 Å². The second-order valence-electron chi connectivity index (χ2n) is 5.63. The van der Waals surface area contributed by atoms with Crippen LogP contribution in [0.4, 0.5) is 0 Å². The minimum Gasteiger partial charge on any atom is -0.356 e. The van der Waals surface area contributed by atoms with E-state index in [-0.39, 0.29) is 5.91 Å². The van der Waals surface area contributed by atoms with Gasteiger partial charge in [0.2, 0.25) is 5.91 Å². The number of nitrogens with zero attached hydrogens (tertiary/aromatic N) is 1. The molecule has 0 aromatic carbocycles. The Balaban J connectivity index is 1.53. The van der Waals surface area contributed by atoms with Crippen LogP contribution in [-0.2, 0) is 4.79 Å². The van der Waals surface area contributed by atoms with Crippen molar-refractivity contribution >= 4 is 5.91 Å². The summed E-state index contributed by atoms with van der Waals surface area (Å²) < 4.78 is 0. The van der Waals surface area contributed by atoms with Crippen LogP contribution in [0.1, 0.15) is 51.4 Å². The quantitative estimate of drug-likeness (QED) is 0.781. The lowest BCUT2D eigenvalue weighted by Crippen LogP contribution is -2.30. The molecule has 0 aromatic rings. The molecule has 1 saturated carbocycles. The van der Waals surface area contributed by atoms with E-state index in [9.17, 15) is 4.79 Å².